The van der Waals surface area contributed by atoms with Gasteiger partial charge in [-0.25, -0.2) is 4.79 Å². The normalized spacial score (nSPS) is 16.0. The van der Waals surface area contributed by atoms with Crippen molar-refractivity contribution >= 4 is 29.2 Å². The molecule has 0 spiro atoms. The zero-order valence-electron chi connectivity index (χ0n) is 16.0. The van der Waals surface area contributed by atoms with Crippen LogP contribution in [0.3, 0.4) is 0 Å². The number of rotatable bonds is 5. The second-order valence-corrected chi connectivity index (χ2v) is 6.64. The SMILES string of the molecule is COC(=O)c1cccc(N2CC(C(=O)Nc3cc(C)ccc3OC)CC2=O)c1. The molecule has 1 fully saturated rings. The van der Waals surface area contributed by atoms with Gasteiger partial charge in [-0.3, -0.25) is 9.59 Å². The molecule has 1 heterocycles. The van der Waals surface area contributed by atoms with Crippen LogP contribution in [0.1, 0.15) is 22.3 Å². The van der Waals surface area contributed by atoms with E-state index in [1.165, 1.54) is 19.1 Å². The third-order valence-electron chi connectivity index (χ3n) is 4.69. The van der Waals surface area contributed by atoms with Crippen molar-refractivity contribution < 1.29 is 23.9 Å². The minimum Gasteiger partial charge on any atom is -0.495 e. The van der Waals surface area contributed by atoms with E-state index in [0.717, 1.165) is 5.56 Å². The minimum absolute atomic E-state index is 0.0996. The Morgan fingerprint density at radius 2 is 1.93 bits per heavy atom. The summed E-state index contributed by atoms with van der Waals surface area (Å²) in [7, 11) is 2.84. The maximum Gasteiger partial charge on any atom is 0.337 e. The number of hydrogen-bond acceptors (Lipinski definition) is 5. The number of anilines is 2. The van der Waals surface area contributed by atoms with Crippen molar-refractivity contribution in [3.8, 4) is 5.75 Å². The lowest BCUT2D eigenvalue weighted by Crippen LogP contribution is -2.28. The van der Waals surface area contributed by atoms with Crippen LogP contribution in [-0.2, 0) is 14.3 Å². The van der Waals surface area contributed by atoms with Gasteiger partial charge in [0.2, 0.25) is 11.8 Å². The zero-order valence-corrected chi connectivity index (χ0v) is 16.0. The second-order valence-electron chi connectivity index (χ2n) is 6.64. The molecule has 0 radical (unpaired) electrons. The van der Waals surface area contributed by atoms with E-state index in [2.05, 4.69) is 5.32 Å². The molecule has 7 nitrogen and oxygen atoms in total. The minimum atomic E-state index is -0.500. The Hall–Kier alpha value is -3.35. The lowest BCUT2D eigenvalue weighted by atomic mass is 10.1. The summed E-state index contributed by atoms with van der Waals surface area (Å²) in [6, 6.07) is 12.1. The fourth-order valence-electron chi connectivity index (χ4n) is 3.21. The predicted molar refractivity (Wildman–Crippen MR) is 105 cm³/mol. The highest BCUT2D eigenvalue weighted by molar-refractivity contribution is 6.04. The van der Waals surface area contributed by atoms with Crippen LogP contribution in [-0.4, -0.2) is 38.5 Å². The van der Waals surface area contributed by atoms with Gasteiger partial charge in [-0.05, 0) is 42.8 Å². The monoisotopic (exact) mass is 382 g/mol. The van der Waals surface area contributed by atoms with Crippen molar-refractivity contribution in [1.82, 2.24) is 0 Å². The van der Waals surface area contributed by atoms with Crippen molar-refractivity contribution in [2.45, 2.75) is 13.3 Å². The lowest BCUT2D eigenvalue weighted by Gasteiger charge is -2.18. The maximum absolute atomic E-state index is 12.7. The first-order chi connectivity index (χ1) is 13.4. The number of amides is 2. The highest BCUT2D eigenvalue weighted by Crippen LogP contribution is 2.29. The standard InChI is InChI=1S/C21H22N2O5/c1-13-7-8-18(27-2)17(9-13)22-20(25)15-11-19(24)23(12-15)16-6-4-5-14(10-16)21(26)28-3/h4-10,15H,11-12H2,1-3H3,(H,22,25). The number of esters is 1. The van der Waals surface area contributed by atoms with Gasteiger partial charge in [0.05, 0.1) is 31.4 Å². The van der Waals surface area contributed by atoms with Crippen LogP contribution in [0.25, 0.3) is 0 Å². The van der Waals surface area contributed by atoms with Crippen molar-refractivity contribution in [3.63, 3.8) is 0 Å². The number of carbonyl (C=O) groups is 3. The van der Waals surface area contributed by atoms with Gasteiger partial charge in [-0.2, -0.15) is 0 Å². The van der Waals surface area contributed by atoms with Crippen LogP contribution in [0, 0.1) is 12.8 Å². The molecule has 1 N–H and O–H groups in total. The molecule has 3 rings (SSSR count). The van der Waals surface area contributed by atoms with Crippen LogP contribution in [0.15, 0.2) is 42.5 Å². The van der Waals surface area contributed by atoms with Crippen molar-refractivity contribution in [1.29, 1.82) is 0 Å². The number of carbonyl (C=O) groups excluding carboxylic acids is 3. The van der Waals surface area contributed by atoms with Gasteiger partial charge in [-0.1, -0.05) is 12.1 Å². The number of nitrogens with one attached hydrogen (secondary N) is 1. The van der Waals surface area contributed by atoms with Crippen LogP contribution in [0.4, 0.5) is 11.4 Å². The molecule has 1 aliphatic heterocycles. The van der Waals surface area contributed by atoms with Crippen LogP contribution in [0.5, 0.6) is 5.75 Å². The van der Waals surface area contributed by atoms with Crippen LogP contribution in [0.2, 0.25) is 0 Å². The van der Waals surface area contributed by atoms with Gasteiger partial charge in [0.15, 0.2) is 0 Å². The smallest absolute Gasteiger partial charge is 0.337 e. The molecule has 0 aliphatic carbocycles. The molecular formula is C21H22N2O5. The molecule has 1 atom stereocenters. The number of ether oxygens (including phenoxy) is 2. The molecule has 146 valence electrons. The van der Waals surface area contributed by atoms with E-state index in [0.29, 0.717) is 22.7 Å². The molecule has 2 aromatic carbocycles. The molecule has 1 unspecified atom stereocenters. The molecule has 0 bridgehead atoms. The quantitative estimate of drug-likeness (QED) is 0.804. The van der Waals surface area contributed by atoms with Crippen molar-refractivity contribution in [3.05, 3.63) is 53.6 Å². The van der Waals surface area contributed by atoms with Gasteiger partial charge in [0.1, 0.15) is 5.75 Å². The first kappa shape index (κ1) is 19.4. The first-order valence-corrected chi connectivity index (χ1v) is 8.87. The highest BCUT2D eigenvalue weighted by Gasteiger charge is 2.35. The molecular weight excluding hydrogens is 360 g/mol. The summed E-state index contributed by atoms with van der Waals surface area (Å²) < 4.78 is 10.0. The second kappa shape index (κ2) is 8.12. The van der Waals surface area contributed by atoms with E-state index in [1.807, 2.05) is 19.1 Å². The summed E-state index contributed by atoms with van der Waals surface area (Å²) in [4.78, 5) is 38.4. The fourth-order valence-corrected chi connectivity index (χ4v) is 3.21. The van der Waals surface area contributed by atoms with E-state index in [-0.39, 0.29) is 24.8 Å². The highest BCUT2D eigenvalue weighted by atomic mass is 16.5. The Morgan fingerprint density at radius 3 is 2.64 bits per heavy atom. The summed E-state index contributed by atoms with van der Waals surface area (Å²) in [5.74, 6) is -0.831. The number of nitrogens with zero attached hydrogens (tertiary/aromatic N) is 1. The number of methoxy groups -OCH3 is 2. The Morgan fingerprint density at radius 1 is 1.14 bits per heavy atom. The van der Waals surface area contributed by atoms with Gasteiger partial charge < -0.3 is 19.7 Å². The maximum atomic E-state index is 12.7. The number of aryl methyl sites for hydroxylation is 1. The van der Waals surface area contributed by atoms with Gasteiger partial charge >= 0.3 is 5.97 Å². The summed E-state index contributed by atoms with van der Waals surface area (Å²) >= 11 is 0. The first-order valence-electron chi connectivity index (χ1n) is 8.87. The Labute approximate surface area is 163 Å². The van der Waals surface area contributed by atoms with E-state index < -0.39 is 11.9 Å². The van der Waals surface area contributed by atoms with Gasteiger partial charge in [-0.15, -0.1) is 0 Å². The van der Waals surface area contributed by atoms with E-state index in [4.69, 9.17) is 9.47 Å². The molecule has 0 saturated carbocycles. The molecule has 7 heteroatoms. The molecule has 1 aliphatic rings. The average Bonchev–Trinajstić information content (AvgIpc) is 3.09. The molecule has 2 aromatic rings. The zero-order chi connectivity index (χ0) is 20.3. The Bertz CT molecular complexity index is 925. The largest absolute Gasteiger partial charge is 0.495 e. The van der Waals surface area contributed by atoms with E-state index in [1.54, 1.807) is 30.3 Å². The van der Waals surface area contributed by atoms with Gasteiger partial charge in [0, 0.05) is 18.7 Å². The topological polar surface area (TPSA) is 84.9 Å². The van der Waals surface area contributed by atoms with Crippen molar-refractivity contribution in [2.24, 2.45) is 5.92 Å². The predicted octanol–water partition coefficient (Wildman–Crippen LogP) is 2.78. The Balaban J connectivity index is 1.75. The number of hydrogen-bond donors (Lipinski definition) is 1. The van der Waals surface area contributed by atoms with Crippen LogP contribution >= 0.6 is 0 Å². The van der Waals surface area contributed by atoms with Crippen molar-refractivity contribution in [2.75, 3.05) is 31.0 Å². The Kier molecular flexibility index (Phi) is 5.63. The number of benzene rings is 2. The summed E-state index contributed by atoms with van der Waals surface area (Å²) in [6.45, 7) is 2.16. The van der Waals surface area contributed by atoms with E-state index >= 15 is 0 Å². The van der Waals surface area contributed by atoms with Crippen LogP contribution < -0.4 is 15.0 Å². The molecule has 0 aromatic heterocycles. The van der Waals surface area contributed by atoms with Gasteiger partial charge in [0.25, 0.3) is 0 Å². The van der Waals surface area contributed by atoms with E-state index in [9.17, 15) is 14.4 Å². The fraction of sp³-hybridized carbons (Fsp3) is 0.286. The summed E-state index contributed by atoms with van der Waals surface area (Å²) in [6.07, 6.45) is 0.0996. The third-order valence-corrected chi connectivity index (χ3v) is 4.69. The molecule has 1 saturated heterocycles. The third kappa shape index (κ3) is 3.98. The molecule has 2 amide bonds. The molecule has 28 heavy (non-hydrogen) atoms. The summed E-state index contributed by atoms with van der Waals surface area (Å²) in [5.41, 5.74) is 2.48. The lowest BCUT2D eigenvalue weighted by molar-refractivity contribution is -0.122. The average molecular weight is 382 g/mol. The summed E-state index contributed by atoms with van der Waals surface area (Å²) in [5, 5.41) is 2.86.